The van der Waals surface area contributed by atoms with Gasteiger partial charge in [-0.25, -0.2) is 4.98 Å². The fraction of sp³-hybridized carbons (Fsp3) is 0.300. The first-order chi connectivity index (χ1) is 12.7. The van der Waals surface area contributed by atoms with Gasteiger partial charge in [0.25, 0.3) is 0 Å². The number of aliphatic imine (C=N–C) groups is 1. The van der Waals surface area contributed by atoms with Crippen molar-refractivity contribution in [1.82, 2.24) is 10.3 Å². The van der Waals surface area contributed by atoms with Crippen molar-refractivity contribution in [2.45, 2.75) is 25.8 Å². The van der Waals surface area contributed by atoms with Crippen LogP contribution < -0.4 is 15.8 Å². The van der Waals surface area contributed by atoms with Crippen LogP contribution in [-0.2, 0) is 6.42 Å². The summed E-state index contributed by atoms with van der Waals surface area (Å²) >= 11 is 0. The van der Waals surface area contributed by atoms with Crippen LogP contribution in [0.15, 0.2) is 51.9 Å². The molecule has 0 saturated heterocycles. The lowest BCUT2D eigenvalue weighted by molar-refractivity contribution is 0.262. The van der Waals surface area contributed by atoms with Gasteiger partial charge in [-0.3, -0.25) is 4.99 Å². The lowest BCUT2D eigenvalue weighted by Crippen LogP contribution is -2.37. The van der Waals surface area contributed by atoms with Crippen molar-refractivity contribution >= 4 is 41.0 Å². The van der Waals surface area contributed by atoms with Crippen molar-refractivity contribution in [1.29, 1.82) is 0 Å². The van der Waals surface area contributed by atoms with Crippen molar-refractivity contribution in [3.8, 4) is 5.75 Å². The molecule has 2 aromatic carbocycles. The summed E-state index contributed by atoms with van der Waals surface area (Å²) in [6, 6.07) is 14.1. The summed E-state index contributed by atoms with van der Waals surface area (Å²) in [7, 11) is 0. The molecule has 4 rings (SSSR count). The maximum absolute atomic E-state index is 6.07. The van der Waals surface area contributed by atoms with E-state index in [9.17, 15) is 0 Å². The van der Waals surface area contributed by atoms with Crippen LogP contribution in [-0.4, -0.2) is 24.1 Å². The van der Waals surface area contributed by atoms with E-state index in [1.54, 1.807) is 0 Å². The molecule has 3 N–H and O–H groups in total. The summed E-state index contributed by atoms with van der Waals surface area (Å²) in [6.45, 7) is 3.22. The van der Waals surface area contributed by atoms with E-state index in [4.69, 9.17) is 14.9 Å². The number of fused-ring (bicyclic) bond motifs is 2. The highest BCUT2D eigenvalue weighted by molar-refractivity contribution is 14.0. The highest BCUT2D eigenvalue weighted by atomic mass is 127. The van der Waals surface area contributed by atoms with Gasteiger partial charge in [0.05, 0.1) is 19.2 Å². The van der Waals surface area contributed by atoms with E-state index < -0.39 is 0 Å². The van der Waals surface area contributed by atoms with Crippen LogP contribution in [0.1, 0.15) is 29.5 Å². The number of nitrogens with zero attached hydrogens (tertiary/aromatic N) is 2. The van der Waals surface area contributed by atoms with E-state index >= 15 is 0 Å². The highest BCUT2D eigenvalue weighted by Gasteiger charge is 2.21. The number of oxazole rings is 1. The number of aryl methyl sites for hydroxylation is 1. The molecule has 6 nitrogen and oxygen atoms in total. The van der Waals surface area contributed by atoms with Gasteiger partial charge in [-0.1, -0.05) is 30.3 Å². The molecule has 0 amide bonds. The Hall–Kier alpha value is -2.29. The Labute approximate surface area is 175 Å². The van der Waals surface area contributed by atoms with Crippen LogP contribution in [0, 0.1) is 6.92 Å². The zero-order chi connectivity index (χ0) is 17.9. The predicted molar refractivity (Wildman–Crippen MR) is 117 cm³/mol. The maximum atomic E-state index is 6.07. The van der Waals surface area contributed by atoms with Crippen LogP contribution >= 0.6 is 24.0 Å². The number of aromatic nitrogens is 1. The van der Waals surface area contributed by atoms with Crippen molar-refractivity contribution in [3.63, 3.8) is 0 Å². The molecule has 3 aromatic rings. The van der Waals surface area contributed by atoms with Crippen LogP contribution in [0.4, 0.5) is 0 Å². The van der Waals surface area contributed by atoms with Gasteiger partial charge < -0.3 is 20.2 Å². The van der Waals surface area contributed by atoms with Crippen molar-refractivity contribution < 1.29 is 9.15 Å². The number of para-hydroxylation sites is 2. The first-order valence-corrected chi connectivity index (χ1v) is 8.84. The summed E-state index contributed by atoms with van der Waals surface area (Å²) in [5.74, 6) is 2.02. The van der Waals surface area contributed by atoms with Gasteiger partial charge in [0.2, 0.25) is 0 Å². The normalized spacial score (nSPS) is 16.3. The zero-order valence-electron chi connectivity index (χ0n) is 15.1. The van der Waals surface area contributed by atoms with Crippen molar-refractivity contribution in [2.75, 3.05) is 13.2 Å². The quantitative estimate of drug-likeness (QED) is 0.339. The molecule has 0 radical (unpaired) electrons. The third kappa shape index (κ3) is 4.35. The van der Waals surface area contributed by atoms with Crippen LogP contribution in [0.25, 0.3) is 11.1 Å². The predicted octanol–water partition coefficient (Wildman–Crippen LogP) is 3.72. The molecule has 1 aliphatic heterocycles. The Kier molecular flexibility index (Phi) is 6.20. The number of nitrogens with two attached hydrogens (primary N) is 1. The summed E-state index contributed by atoms with van der Waals surface area (Å²) in [5, 5.41) is 3.29. The fourth-order valence-electron chi connectivity index (χ4n) is 3.23. The van der Waals surface area contributed by atoms with E-state index in [0.29, 0.717) is 31.4 Å². The molecule has 27 heavy (non-hydrogen) atoms. The molecular weight excluding hydrogens is 455 g/mol. The number of hydrogen-bond acceptors (Lipinski definition) is 4. The lowest BCUT2D eigenvalue weighted by atomic mass is 10.0. The number of hydrogen-bond donors (Lipinski definition) is 2. The third-order valence-electron chi connectivity index (χ3n) is 4.55. The molecule has 1 unspecified atom stereocenters. The molecule has 1 atom stereocenters. The van der Waals surface area contributed by atoms with E-state index in [0.717, 1.165) is 34.4 Å². The molecule has 1 aliphatic rings. The van der Waals surface area contributed by atoms with Gasteiger partial charge in [-0.15, -0.1) is 24.0 Å². The summed E-state index contributed by atoms with van der Waals surface area (Å²) in [4.78, 5) is 8.96. The first-order valence-electron chi connectivity index (χ1n) is 8.84. The van der Waals surface area contributed by atoms with Gasteiger partial charge in [-0.05, 0) is 24.6 Å². The van der Waals surface area contributed by atoms with E-state index in [-0.39, 0.29) is 30.0 Å². The van der Waals surface area contributed by atoms with Gasteiger partial charge in [-0.2, -0.15) is 0 Å². The number of rotatable bonds is 4. The zero-order valence-corrected chi connectivity index (χ0v) is 17.5. The third-order valence-corrected chi connectivity index (χ3v) is 4.55. The van der Waals surface area contributed by atoms with E-state index in [2.05, 4.69) is 21.4 Å². The monoisotopic (exact) mass is 478 g/mol. The number of ether oxygens (including phenoxy) is 1. The number of halogens is 1. The van der Waals surface area contributed by atoms with Crippen LogP contribution in [0.5, 0.6) is 5.75 Å². The number of nitrogens with one attached hydrogen (secondary N) is 1. The molecule has 7 heteroatoms. The minimum absolute atomic E-state index is 0. The minimum atomic E-state index is 0. The SMILES string of the molecule is Cc1cccc2oc(CCN=C(N)NC3CCOc4ccccc43)nc12.I. The Balaban J connectivity index is 0.00000210. The molecule has 0 aliphatic carbocycles. The lowest BCUT2D eigenvalue weighted by Gasteiger charge is -2.26. The van der Waals surface area contributed by atoms with Gasteiger partial charge >= 0.3 is 0 Å². The smallest absolute Gasteiger partial charge is 0.197 e. The number of benzene rings is 2. The molecule has 142 valence electrons. The second-order valence-electron chi connectivity index (χ2n) is 6.42. The Morgan fingerprint density at radius 1 is 1.26 bits per heavy atom. The first kappa shape index (κ1) is 19.5. The Morgan fingerprint density at radius 3 is 2.96 bits per heavy atom. The van der Waals surface area contributed by atoms with Gasteiger partial charge in [0.15, 0.2) is 17.4 Å². The molecule has 2 heterocycles. The van der Waals surface area contributed by atoms with Crippen molar-refractivity contribution in [2.24, 2.45) is 10.7 Å². The molecule has 1 aromatic heterocycles. The maximum Gasteiger partial charge on any atom is 0.197 e. The van der Waals surface area contributed by atoms with Crippen molar-refractivity contribution in [3.05, 3.63) is 59.5 Å². The number of guanidine groups is 1. The largest absolute Gasteiger partial charge is 0.493 e. The minimum Gasteiger partial charge on any atom is -0.493 e. The topological polar surface area (TPSA) is 85.7 Å². The standard InChI is InChI=1S/C20H22N4O2.HI/c1-13-5-4-8-17-19(13)24-18(26-17)9-11-22-20(21)23-15-10-12-25-16-7-3-2-6-14(15)16;/h2-8,15H,9-12H2,1H3,(H3,21,22,23);1H. The molecule has 0 saturated carbocycles. The molecule has 0 spiro atoms. The average Bonchev–Trinajstić information content (AvgIpc) is 3.06. The second-order valence-corrected chi connectivity index (χ2v) is 6.42. The second kappa shape index (κ2) is 8.60. The highest BCUT2D eigenvalue weighted by Crippen LogP contribution is 2.31. The van der Waals surface area contributed by atoms with Gasteiger partial charge in [0.1, 0.15) is 11.3 Å². The van der Waals surface area contributed by atoms with E-state index in [1.807, 2.05) is 43.3 Å². The average molecular weight is 478 g/mol. The molecular formula is C20H23IN4O2. The summed E-state index contributed by atoms with van der Waals surface area (Å²) < 4.78 is 11.4. The summed E-state index contributed by atoms with van der Waals surface area (Å²) in [6.07, 6.45) is 1.47. The Bertz CT molecular complexity index is 954. The van der Waals surface area contributed by atoms with Gasteiger partial charge in [0, 0.05) is 18.4 Å². The molecule has 0 fully saturated rings. The fourth-order valence-corrected chi connectivity index (χ4v) is 3.23. The van der Waals surface area contributed by atoms with Crippen LogP contribution in [0.2, 0.25) is 0 Å². The Morgan fingerprint density at radius 2 is 2.11 bits per heavy atom. The van der Waals surface area contributed by atoms with E-state index in [1.165, 1.54) is 0 Å². The van der Waals surface area contributed by atoms with Crippen LogP contribution in [0.3, 0.4) is 0 Å². The molecule has 0 bridgehead atoms. The summed E-state index contributed by atoms with van der Waals surface area (Å²) in [5.41, 5.74) is 10.0.